The normalized spacial score (nSPS) is 14.9. The molecule has 0 saturated carbocycles. The van der Waals surface area contributed by atoms with Crippen LogP contribution in [0.15, 0.2) is 0 Å². The lowest BCUT2D eigenvalue weighted by molar-refractivity contribution is 0.0284. The summed E-state index contributed by atoms with van der Waals surface area (Å²) in [6.45, 7) is 5.80. The second kappa shape index (κ2) is 6.42. The van der Waals surface area contributed by atoms with Crippen molar-refractivity contribution >= 4 is 10.0 Å². The van der Waals surface area contributed by atoms with Crippen LogP contribution in [0.25, 0.3) is 0 Å². The van der Waals surface area contributed by atoms with Gasteiger partial charge >= 0.3 is 0 Å². The minimum Gasteiger partial charge on any atom is -0.395 e. The molecule has 0 spiro atoms. The summed E-state index contributed by atoms with van der Waals surface area (Å²) in [5.41, 5.74) is 0. The first-order valence-electron chi connectivity index (χ1n) is 5.02. The van der Waals surface area contributed by atoms with Crippen molar-refractivity contribution in [3.05, 3.63) is 0 Å². The number of aliphatic hydroxyl groups is 1. The van der Waals surface area contributed by atoms with Crippen LogP contribution in [0.3, 0.4) is 0 Å². The van der Waals surface area contributed by atoms with Gasteiger partial charge in [-0.3, -0.25) is 0 Å². The molecule has 0 aromatic carbocycles. The van der Waals surface area contributed by atoms with E-state index in [0.29, 0.717) is 6.54 Å². The monoisotopic (exact) mass is 239 g/mol. The lowest BCUT2D eigenvalue weighted by atomic mass is 10.3. The van der Waals surface area contributed by atoms with Crippen LogP contribution in [-0.2, 0) is 14.8 Å². The molecule has 0 radical (unpaired) electrons. The maximum atomic E-state index is 11.4. The molecule has 0 aliphatic carbocycles. The lowest BCUT2D eigenvalue weighted by Crippen LogP contribution is -2.44. The van der Waals surface area contributed by atoms with Crippen LogP contribution in [-0.4, -0.2) is 56.0 Å². The standard InChI is InChI=1S/C9H21NO4S/c1-5-10(15(4,12)13)9(6-11)7-14-8(2)3/h8-9,11H,5-7H2,1-4H3. The molecule has 0 aliphatic rings. The van der Waals surface area contributed by atoms with Gasteiger partial charge in [0.1, 0.15) is 0 Å². The van der Waals surface area contributed by atoms with E-state index >= 15 is 0 Å². The van der Waals surface area contributed by atoms with Crippen molar-refractivity contribution < 1.29 is 18.3 Å². The summed E-state index contributed by atoms with van der Waals surface area (Å²) in [4.78, 5) is 0. The zero-order valence-electron chi connectivity index (χ0n) is 9.80. The zero-order valence-corrected chi connectivity index (χ0v) is 10.6. The maximum absolute atomic E-state index is 11.4. The number of likely N-dealkylation sites (N-methyl/N-ethyl adjacent to an activating group) is 1. The summed E-state index contributed by atoms with van der Waals surface area (Å²) in [6, 6.07) is -0.493. The molecule has 0 fully saturated rings. The summed E-state index contributed by atoms with van der Waals surface area (Å²) in [5, 5.41) is 9.12. The molecule has 0 heterocycles. The van der Waals surface area contributed by atoms with Crippen LogP contribution in [0.5, 0.6) is 0 Å². The van der Waals surface area contributed by atoms with E-state index in [1.165, 1.54) is 4.31 Å². The van der Waals surface area contributed by atoms with E-state index < -0.39 is 16.1 Å². The van der Waals surface area contributed by atoms with Gasteiger partial charge in [0.25, 0.3) is 0 Å². The van der Waals surface area contributed by atoms with E-state index in [4.69, 9.17) is 9.84 Å². The smallest absolute Gasteiger partial charge is 0.211 e. The SMILES string of the molecule is CCN(C(CO)COC(C)C)S(C)(=O)=O. The number of rotatable bonds is 7. The first kappa shape index (κ1) is 14.8. The Bertz CT molecular complexity index is 263. The predicted octanol–water partition coefficient (Wildman–Crippen LogP) is 0.0538. The Morgan fingerprint density at radius 2 is 1.93 bits per heavy atom. The van der Waals surface area contributed by atoms with Crippen molar-refractivity contribution in [1.29, 1.82) is 0 Å². The molecule has 0 bridgehead atoms. The average Bonchev–Trinajstić information content (AvgIpc) is 2.09. The predicted molar refractivity (Wildman–Crippen MR) is 59.2 cm³/mol. The highest BCUT2D eigenvalue weighted by Gasteiger charge is 2.24. The summed E-state index contributed by atoms with van der Waals surface area (Å²) in [5.74, 6) is 0. The van der Waals surface area contributed by atoms with Gasteiger partial charge < -0.3 is 9.84 Å². The van der Waals surface area contributed by atoms with E-state index in [9.17, 15) is 8.42 Å². The molecule has 6 heteroatoms. The Balaban J connectivity index is 4.49. The van der Waals surface area contributed by atoms with Crippen LogP contribution < -0.4 is 0 Å². The van der Waals surface area contributed by atoms with Gasteiger partial charge in [-0.25, -0.2) is 8.42 Å². The quantitative estimate of drug-likeness (QED) is 0.682. The molecule has 0 aromatic rings. The summed E-state index contributed by atoms with van der Waals surface area (Å²) < 4.78 is 29.3. The third-order valence-corrected chi connectivity index (χ3v) is 3.39. The molecule has 15 heavy (non-hydrogen) atoms. The van der Waals surface area contributed by atoms with Crippen molar-refractivity contribution in [3.63, 3.8) is 0 Å². The number of nitrogens with zero attached hydrogens (tertiary/aromatic N) is 1. The summed E-state index contributed by atoms with van der Waals surface area (Å²) >= 11 is 0. The highest BCUT2D eigenvalue weighted by atomic mass is 32.2. The molecule has 5 nitrogen and oxygen atoms in total. The lowest BCUT2D eigenvalue weighted by Gasteiger charge is -2.27. The molecule has 0 aromatic heterocycles. The largest absolute Gasteiger partial charge is 0.395 e. The minimum absolute atomic E-state index is 0.0253. The Morgan fingerprint density at radius 3 is 2.20 bits per heavy atom. The highest BCUT2D eigenvalue weighted by Crippen LogP contribution is 2.06. The van der Waals surface area contributed by atoms with Crippen LogP contribution in [0.4, 0.5) is 0 Å². The molecule has 1 atom stereocenters. The third kappa shape index (κ3) is 5.46. The van der Waals surface area contributed by atoms with Gasteiger partial charge in [-0.1, -0.05) is 6.92 Å². The van der Waals surface area contributed by atoms with E-state index in [1.54, 1.807) is 6.92 Å². The highest BCUT2D eigenvalue weighted by molar-refractivity contribution is 7.88. The van der Waals surface area contributed by atoms with Gasteiger partial charge in [0.15, 0.2) is 0 Å². The molecule has 0 amide bonds. The van der Waals surface area contributed by atoms with E-state index in [1.807, 2.05) is 13.8 Å². The number of hydrogen-bond donors (Lipinski definition) is 1. The van der Waals surface area contributed by atoms with Crippen molar-refractivity contribution in [3.8, 4) is 0 Å². The number of aliphatic hydroxyl groups excluding tert-OH is 1. The maximum Gasteiger partial charge on any atom is 0.211 e. The minimum atomic E-state index is -3.28. The second-order valence-electron chi connectivity index (χ2n) is 3.68. The van der Waals surface area contributed by atoms with Gasteiger partial charge in [-0.05, 0) is 13.8 Å². The molecule has 0 aliphatic heterocycles. The fourth-order valence-corrected chi connectivity index (χ4v) is 2.43. The fraction of sp³-hybridized carbons (Fsp3) is 1.00. The average molecular weight is 239 g/mol. The van der Waals surface area contributed by atoms with Crippen molar-refractivity contribution in [1.82, 2.24) is 4.31 Å². The molecule has 1 unspecified atom stereocenters. The van der Waals surface area contributed by atoms with Gasteiger partial charge in [-0.2, -0.15) is 4.31 Å². The Hall–Kier alpha value is -0.170. The first-order valence-corrected chi connectivity index (χ1v) is 6.87. The van der Waals surface area contributed by atoms with Crippen LogP contribution in [0.2, 0.25) is 0 Å². The van der Waals surface area contributed by atoms with Gasteiger partial charge in [0, 0.05) is 6.54 Å². The molecule has 0 rings (SSSR count). The Kier molecular flexibility index (Phi) is 6.35. The number of sulfonamides is 1. The second-order valence-corrected chi connectivity index (χ2v) is 5.62. The Labute approximate surface area is 92.1 Å². The summed E-state index contributed by atoms with van der Waals surface area (Å²) in [6.07, 6.45) is 1.16. The number of hydrogen-bond acceptors (Lipinski definition) is 4. The van der Waals surface area contributed by atoms with Crippen LogP contribution >= 0.6 is 0 Å². The van der Waals surface area contributed by atoms with E-state index in [0.717, 1.165) is 6.26 Å². The summed E-state index contributed by atoms with van der Waals surface area (Å²) in [7, 11) is -3.28. The molecule has 92 valence electrons. The van der Waals surface area contributed by atoms with Crippen LogP contribution in [0.1, 0.15) is 20.8 Å². The molecule has 0 saturated heterocycles. The molecular formula is C9H21NO4S. The van der Waals surface area contributed by atoms with E-state index in [2.05, 4.69) is 0 Å². The van der Waals surface area contributed by atoms with Gasteiger partial charge in [0.2, 0.25) is 10.0 Å². The van der Waals surface area contributed by atoms with E-state index in [-0.39, 0.29) is 19.3 Å². The molecular weight excluding hydrogens is 218 g/mol. The van der Waals surface area contributed by atoms with Crippen molar-refractivity contribution in [2.75, 3.05) is 26.0 Å². The zero-order chi connectivity index (χ0) is 12.1. The topological polar surface area (TPSA) is 66.8 Å². The first-order chi connectivity index (χ1) is 6.82. The molecule has 1 N–H and O–H groups in total. The van der Waals surface area contributed by atoms with Crippen molar-refractivity contribution in [2.24, 2.45) is 0 Å². The van der Waals surface area contributed by atoms with Gasteiger partial charge in [-0.15, -0.1) is 0 Å². The number of ether oxygens (including phenoxy) is 1. The van der Waals surface area contributed by atoms with Crippen molar-refractivity contribution in [2.45, 2.75) is 32.9 Å². The van der Waals surface area contributed by atoms with Gasteiger partial charge in [0.05, 0.1) is 31.6 Å². The Morgan fingerprint density at radius 1 is 1.40 bits per heavy atom. The fourth-order valence-electron chi connectivity index (χ4n) is 1.29. The van der Waals surface area contributed by atoms with Crippen LogP contribution in [0, 0.1) is 0 Å². The third-order valence-electron chi connectivity index (χ3n) is 1.98.